The molecule has 6 heteroatoms. The molecule has 0 aliphatic carbocycles. The molecule has 2 amide bonds. The van der Waals surface area contributed by atoms with Gasteiger partial charge in [0.05, 0.1) is 0 Å². The van der Waals surface area contributed by atoms with E-state index >= 15 is 0 Å². The second-order valence-electron chi connectivity index (χ2n) is 7.44. The van der Waals surface area contributed by atoms with E-state index in [1.807, 2.05) is 35.2 Å². The molecule has 3 unspecified atom stereocenters. The molecule has 0 aromatic heterocycles. The van der Waals surface area contributed by atoms with E-state index in [4.69, 9.17) is 0 Å². The Kier molecular flexibility index (Phi) is 7.91. The van der Waals surface area contributed by atoms with Crippen molar-refractivity contribution in [3.05, 3.63) is 35.9 Å². The topological polar surface area (TPSA) is 61.4 Å². The summed E-state index contributed by atoms with van der Waals surface area (Å²) in [5.41, 5.74) is 1.13. The van der Waals surface area contributed by atoms with Gasteiger partial charge in [-0.2, -0.15) is 0 Å². The van der Waals surface area contributed by atoms with E-state index in [1.165, 1.54) is 12.8 Å². The molecular weight excluding hydrogens is 350 g/mol. The predicted molar refractivity (Wildman–Crippen MR) is 105 cm³/mol. The van der Waals surface area contributed by atoms with Gasteiger partial charge >= 0.3 is 0 Å². The minimum Gasteiger partial charge on any atom is -0.344 e. The molecule has 3 atom stereocenters. The third-order valence-corrected chi connectivity index (χ3v) is 5.50. The van der Waals surface area contributed by atoms with Crippen LogP contribution >= 0.6 is 12.4 Å². The monoisotopic (exact) mass is 379 g/mol. The van der Waals surface area contributed by atoms with Crippen LogP contribution in [0.2, 0.25) is 0 Å². The first kappa shape index (κ1) is 20.7. The lowest BCUT2D eigenvalue weighted by molar-refractivity contribution is -0.133. The van der Waals surface area contributed by atoms with Crippen molar-refractivity contribution in [3.63, 3.8) is 0 Å². The highest BCUT2D eigenvalue weighted by Gasteiger charge is 2.33. The van der Waals surface area contributed by atoms with Crippen LogP contribution in [-0.2, 0) is 16.1 Å². The molecule has 0 bridgehead atoms. The van der Waals surface area contributed by atoms with Gasteiger partial charge in [-0.1, -0.05) is 37.3 Å². The van der Waals surface area contributed by atoms with E-state index in [0.717, 1.165) is 18.7 Å². The molecule has 2 saturated heterocycles. The van der Waals surface area contributed by atoms with E-state index in [0.29, 0.717) is 37.8 Å². The summed E-state index contributed by atoms with van der Waals surface area (Å²) in [5, 5.41) is 6.37. The highest BCUT2D eigenvalue weighted by atomic mass is 35.5. The quantitative estimate of drug-likeness (QED) is 0.797. The van der Waals surface area contributed by atoms with Gasteiger partial charge in [0.25, 0.3) is 0 Å². The molecule has 26 heavy (non-hydrogen) atoms. The van der Waals surface area contributed by atoms with Crippen LogP contribution in [0.3, 0.4) is 0 Å². The lowest BCUT2D eigenvalue weighted by Crippen LogP contribution is -2.42. The number of halogens is 1. The van der Waals surface area contributed by atoms with E-state index in [1.54, 1.807) is 0 Å². The zero-order valence-corrected chi connectivity index (χ0v) is 16.3. The van der Waals surface area contributed by atoms with Crippen molar-refractivity contribution in [2.45, 2.75) is 45.2 Å². The normalized spacial score (nSPS) is 24.0. The summed E-state index contributed by atoms with van der Waals surface area (Å²) in [7, 11) is 0. The molecule has 3 rings (SSSR count). The average Bonchev–Trinajstić information content (AvgIpc) is 2.96. The van der Waals surface area contributed by atoms with Crippen LogP contribution in [0, 0.1) is 11.8 Å². The van der Waals surface area contributed by atoms with Gasteiger partial charge in [-0.25, -0.2) is 0 Å². The van der Waals surface area contributed by atoms with E-state index in [2.05, 4.69) is 17.6 Å². The second-order valence-corrected chi connectivity index (χ2v) is 7.44. The first-order valence-electron chi connectivity index (χ1n) is 9.46. The molecule has 1 aromatic carbocycles. The maximum absolute atomic E-state index is 12.5. The number of rotatable bonds is 6. The zero-order valence-electron chi connectivity index (χ0n) is 15.4. The van der Waals surface area contributed by atoms with Crippen molar-refractivity contribution in [3.8, 4) is 0 Å². The highest BCUT2D eigenvalue weighted by Crippen LogP contribution is 2.23. The molecule has 2 aliphatic rings. The molecule has 1 aromatic rings. The standard InChI is InChI=1S/C20H29N3O2.ClH/c1-15(17-8-5-10-21-13-17)12-19(24)22-18-9-11-23(20(18)25)14-16-6-3-2-4-7-16;/h2-4,6-7,15,17-18,21H,5,8-14H2,1H3,(H,22,24);1H. The van der Waals surface area contributed by atoms with Crippen molar-refractivity contribution in [2.24, 2.45) is 11.8 Å². The first-order valence-corrected chi connectivity index (χ1v) is 9.46. The third-order valence-electron chi connectivity index (χ3n) is 5.50. The molecule has 144 valence electrons. The van der Waals surface area contributed by atoms with E-state index in [-0.39, 0.29) is 30.3 Å². The van der Waals surface area contributed by atoms with Crippen LogP contribution in [0.5, 0.6) is 0 Å². The maximum atomic E-state index is 12.5. The van der Waals surface area contributed by atoms with Gasteiger partial charge in [-0.15, -0.1) is 12.4 Å². The lowest BCUT2D eigenvalue weighted by atomic mass is 9.85. The number of nitrogens with zero attached hydrogens (tertiary/aromatic N) is 1. The smallest absolute Gasteiger partial charge is 0.245 e. The molecular formula is C20H30ClN3O2. The molecule has 2 N–H and O–H groups in total. The molecule has 0 saturated carbocycles. The van der Waals surface area contributed by atoms with Crippen LogP contribution in [-0.4, -0.2) is 42.4 Å². The van der Waals surface area contributed by atoms with Gasteiger partial charge in [0, 0.05) is 19.5 Å². The largest absolute Gasteiger partial charge is 0.344 e. The van der Waals surface area contributed by atoms with Gasteiger partial charge in [-0.05, 0) is 49.8 Å². The number of hydrogen-bond donors (Lipinski definition) is 2. The number of carbonyl (C=O) groups excluding carboxylic acids is 2. The van der Waals surface area contributed by atoms with Gasteiger partial charge in [-0.3, -0.25) is 9.59 Å². The van der Waals surface area contributed by atoms with Gasteiger partial charge < -0.3 is 15.5 Å². The fraction of sp³-hybridized carbons (Fsp3) is 0.600. The first-order chi connectivity index (χ1) is 12.1. The number of amides is 2. The SMILES string of the molecule is CC(CC(=O)NC1CCN(Cc2ccccc2)C1=O)C1CCCNC1.Cl. The minimum absolute atomic E-state index is 0. The van der Waals surface area contributed by atoms with Crippen LogP contribution in [0.1, 0.15) is 38.2 Å². The molecule has 2 aliphatic heterocycles. The third kappa shape index (κ3) is 5.45. The fourth-order valence-electron chi connectivity index (χ4n) is 3.91. The molecule has 5 nitrogen and oxygen atoms in total. The summed E-state index contributed by atoms with van der Waals surface area (Å²) >= 11 is 0. The Morgan fingerprint density at radius 2 is 2.08 bits per heavy atom. The number of nitrogens with one attached hydrogen (secondary N) is 2. The Morgan fingerprint density at radius 1 is 1.31 bits per heavy atom. The molecule has 0 spiro atoms. The zero-order chi connectivity index (χ0) is 17.6. The maximum Gasteiger partial charge on any atom is 0.245 e. The van der Waals surface area contributed by atoms with E-state index in [9.17, 15) is 9.59 Å². The summed E-state index contributed by atoms with van der Waals surface area (Å²) in [6, 6.07) is 9.64. The van der Waals surface area contributed by atoms with Crippen LogP contribution in [0.15, 0.2) is 30.3 Å². The lowest BCUT2D eigenvalue weighted by Gasteiger charge is -2.28. The van der Waals surface area contributed by atoms with Crippen LogP contribution < -0.4 is 10.6 Å². The number of benzene rings is 1. The molecule has 2 heterocycles. The Balaban J connectivity index is 0.00000243. The summed E-state index contributed by atoms with van der Waals surface area (Å²) in [4.78, 5) is 26.7. The Hall–Kier alpha value is -1.59. The van der Waals surface area contributed by atoms with Crippen molar-refractivity contribution >= 4 is 24.2 Å². The van der Waals surface area contributed by atoms with Gasteiger partial charge in [0.15, 0.2) is 0 Å². The van der Waals surface area contributed by atoms with Crippen LogP contribution in [0.25, 0.3) is 0 Å². The van der Waals surface area contributed by atoms with Crippen molar-refractivity contribution < 1.29 is 9.59 Å². The predicted octanol–water partition coefficient (Wildman–Crippen LogP) is 2.35. The summed E-state index contributed by atoms with van der Waals surface area (Å²) < 4.78 is 0. The van der Waals surface area contributed by atoms with Crippen molar-refractivity contribution in [1.29, 1.82) is 0 Å². The van der Waals surface area contributed by atoms with Crippen LogP contribution in [0.4, 0.5) is 0 Å². The minimum atomic E-state index is -0.354. The average molecular weight is 380 g/mol. The summed E-state index contributed by atoms with van der Waals surface area (Å²) in [6.45, 7) is 5.57. The van der Waals surface area contributed by atoms with E-state index < -0.39 is 0 Å². The summed E-state index contributed by atoms with van der Waals surface area (Å²) in [6.07, 6.45) is 3.59. The number of carbonyl (C=O) groups is 2. The van der Waals surface area contributed by atoms with Crippen molar-refractivity contribution in [1.82, 2.24) is 15.5 Å². The Bertz CT molecular complexity index is 590. The Morgan fingerprint density at radius 3 is 2.77 bits per heavy atom. The van der Waals surface area contributed by atoms with Gasteiger partial charge in [0.2, 0.25) is 11.8 Å². The fourth-order valence-corrected chi connectivity index (χ4v) is 3.91. The van der Waals surface area contributed by atoms with Crippen molar-refractivity contribution in [2.75, 3.05) is 19.6 Å². The molecule has 0 radical (unpaired) electrons. The Labute approximate surface area is 162 Å². The van der Waals surface area contributed by atoms with Gasteiger partial charge in [0.1, 0.15) is 6.04 Å². The number of hydrogen-bond acceptors (Lipinski definition) is 3. The second kappa shape index (κ2) is 9.93. The number of piperidine rings is 1. The summed E-state index contributed by atoms with van der Waals surface area (Å²) in [5.74, 6) is 0.972. The highest BCUT2D eigenvalue weighted by molar-refractivity contribution is 5.89. The number of likely N-dealkylation sites (tertiary alicyclic amines) is 1. The molecule has 2 fully saturated rings.